The molecular formula is C23H16F2IN5O2S2. The molecule has 1 aromatic carbocycles. The van der Waals surface area contributed by atoms with Crippen molar-refractivity contribution in [3.8, 4) is 11.4 Å². The number of nitrogens with zero attached hydrogens (tertiary/aromatic N) is 4. The number of ether oxygens (including phenoxy) is 1. The third-order valence-electron chi connectivity index (χ3n) is 5.38. The maximum absolute atomic E-state index is 14.1. The minimum absolute atomic E-state index is 0.0369. The van der Waals surface area contributed by atoms with E-state index in [-0.39, 0.29) is 6.42 Å². The topological polar surface area (TPSA) is 81.9 Å². The Kier molecular flexibility index (Phi) is 6.84. The average Bonchev–Trinajstić information content (AvgIpc) is 3.47. The molecule has 12 heteroatoms. The van der Waals surface area contributed by atoms with Crippen molar-refractivity contribution in [3.05, 3.63) is 71.4 Å². The van der Waals surface area contributed by atoms with Crippen molar-refractivity contribution in [3.63, 3.8) is 0 Å². The normalized spacial score (nSPS) is 12.2. The molecule has 178 valence electrons. The number of hydrogen-bond donors (Lipinski definition) is 1. The molecule has 4 heterocycles. The van der Waals surface area contributed by atoms with Crippen molar-refractivity contribution in [1.82, 2.24) is 18.9 Å². The van der Waals surface area contributed by atoms with Gasteiger partial charge in [0.1, 0.15) is 22.3 Å². The molecule has 0 amide bonds. The molecule has 1 N–H and O–H groups in total. The number of anilines is 1. The molecule has 0 aliphatic rings. The molecular weight excluding hydrogens is 607 g/mol. The smallest absolute Gasteiger partial charge is 0.307 e. The quantitative estimate of drug-likeness (QED) is 0.163. The van der Waals surface area contributed by atoms with Gasteiger partial charge < -0.3 is 10.1 Å². The highest BCUT2D eigenvalue weighted by atomic mass is 127. The molecule has 1 unspecified atom stereocenters. The highest BCUT2D eigenvalue weighted by Crippen LogP contribution is 2.36. The molecule has 0 fully saturated rings. The van der Waals surface area contributed by atoms with Crippen molar-refractivity contribution in [2.45, 2.75) is 12.5 Å². The number of pyridine rings is 1. The molecule has 0 spiro atoms. The van der Waals surface area contributed by atoms with Crippen LogP contribution in [0.1, 0.15) is 18.0 Å². The summed E-state index contributed by atoms with van der Waals surface area (Å²) >= 11 is 3.55. The fourth-order valence-electron chi connectivity index (χ4n) is 3.76. The second-order valence-corrected chi connectivity index (χ2v) is 10.1. The zero-order chi connectivity index (χ0) is 24.5. The van der Waals surface area contributed by atoms with Gasteiger partial charge in [-0.3, -0.25) is 8.77 Å². The Balaban J connectivity index is 1.64. The van der Waals surface area contributed by atoms with Crippen molar-refractivity contribution >= 4 is 74.7 Å². The Morgan fingerprint density at radius 2 is 2.09 bits per heavy atom. The van der Waals surface area contributed by atoms with Crippen molar-refractivity contribution in [2.24, 2.45) is 0 Å². The van der Waals surface area contributed by atoms with E-state index in [0.29, 0.717) is 38.6 Å². The second kappa shape index (κ2) is 10.0. The molecule has 1 atom stereocenters. The molecule has 4 aromatic heterocycles. The summed E-state index contributed by atoms with van der Waals surface area (Å²) in [7, 11) is 2.70. The van der Waals surface area contributed by atoms with Gasteiger partial charge in [-0.15, -0.1) is 11.3 Å². The molecule has 0 saturated heterocycles. The van der Waals surface area contributed by atoms with Crippen LogP contribution >= 0.6 is 41.7 Å². The van der Waals surface area contributed by atoms with E-state index in [4.69, 9.17) is 14.7 Å². The van der Waals surface area contributed by atoms with Gasteiger partial charge >= 0.3 is 5.97 Å². The number of carbonyl (C=O) groups excluding carboxylic acids is 1. The van der Waals surface area contributed by atoms with Gasteiger partial charge in [-0.25, -0.2) is 23.7 Å². The van der Waals surface area contributed by atoms with Crippen LogP contribution in [0.4, 0.5) is 14.6 Å². The van der Waals surface area contributed by atoms with E-state index in [1.54, 1.807) is 12.1 Å². The lowest BCUT2D eigenvalue weighted by atomic mass is 10.0. The zero-order valence-corrected chi connectivity index (χ0v) is 21.8. The van der Waals surface area contributed by atoms with Crippen LogP contribution in [0.25, 0.3) is 32.6 Å². The van der Waals surface area contributed by atoms with Crippen LogP contribution in [0.2, 0.25) is 0 Å². The third-order valence-corrected chi connectivity index (χ3v) is 7.89. The van der Waals surface area contributed by atoms with Gasteiger partial charge in [0, 0.05) is 47.5 Å². The molecule has 7 nitrogen and oxygen atoms in total. The van der Waals surface area contributed by atoms with Gasteiger partial charge in [0.15, 0.2) is 11.5 Å². The minimum atomic E-state index is -0.602. The predicted molar refractivity (Wildman–Crippen MR) is 143 cm³/mol. The van der Waals surface area contributed by atoms with Crippen LogP contribution in [0.3, 0.4) is 0 Å². The first kappa shape index (κ1) is 23.9. The van der Waals surface area contributed by atoms with E-state index in [1.807, 2.05) is 21.6 Å². The largest absolute Gasteiger partial charge is 0.469 e. The van der Waals surface area contributed by atoms with E-state index in [9.17, 15) is 13.6 Å². The minimum Gasteiger partial charge on any atom is -0.469 e. The average molecular weight is 623 g/mol. The van der Waals surface area contributed by atoms with Gasteiger partial charge in [-0.1, -0.05) is 12.1 Å². The van der Waals surface area contributed by atoms with Crippen molar-refractivity contribution in [1.29, 1.82) is 0 Å². The summed E-state index contributed by atoms with van der Waals surface area (Å²) in [6.07, 6.45) is 2.94. The Labute approximate surface area is 218 Å². The Morgan fingerprint density at radius 3 is 2.86 bits per heavy atom. The first-order valence-electron chi connectivity index (χ1n) is 10.3. The number of benzene rings is 1. The summed E-state index contributed by atoms with van der Waals surface area (Å²) in [6.45, 7) is 0. The van der Waals surface area contributed by atoms with Gasteiger partial charge in [-0.2, -0.15) is 0 Å². The predicted octanol–water partition coefficient (Wildman–Crippen LogP) is 6.55. The first-order valence-corrected chi connectivity index (χ1v) is 14.5. The summed E-state index contributed by atoms with van der Waals surface area (Å²) in [6, 6.07) is 8.70. The second-order valence-electron chi connectivity index (χ2n) is 7.53. The fourth-order valence-corrected chi connectivity index (χ4v) is 5.78. The Hall–Kier alpha value is -2.84. The fraction of sp³-hybridized carbons (Fsp3) is 0.130. The van der Waals surface area contributed by atoms with E-state index >= 15 is 0 Å². The zero-order valence-electron chi connectivity index (χ0n) is 18.0. The van der Waals surface area contributed by atoms with E-state index in [1.165, 1.54) is 52.0 Å². The SMILES string of the molecule is COC(=O)CC(Nc1nc(-c2cn(SI)c3ncc(F)cc23)nc2sccc12)c1cccc(F)c1. The van der Waals surface area contributed by atoms with Crippen LogP contribution in [0.15, 0.2) is 54.2 Å². The number of hydrogen-bond acceptors (Lipinski definition) is 8. The number of esters is 1. The summed E-state index contributed by atoms with van der Waals surface area (Å²) in [5, 5.41) is 6.51. The lowest BCUT2D eigenvalue weighted by molar-refractivity contribution is -0.140. The van der Waals surface area contributed by atoms with Gasteiger partial charge in [0.25, 0.3) is 0 Å². The Morgan fingerprint density at radius 1 is 1.23 bits per heavy atom. The number of methoxy groups -OCH3 is 1. The number of aromatic nitrogens is 4. The van der Waals surface area contributed by atoms with Gasteiger partial charge in [-0.05, 0) is 35.2 Å². The lowest BCUT2D eigenvalue weighted by Gasteiger charge is -2.20. The van der Waals surface area contributed by atoms with Crippen molar-refractivity contribution in [2.75, 3.05) is 12.4 Å². The first-order chi connectivity index (χ1) is 17.0. The molecule has 5 aromatic rings. The lowest BCUT2D eigenvalue weighted by Crippen LogP contribution is -2.17. The van der Waals surface area contributed by atoms with Crippen LogP contribution in [0.5, 0.6) is 0 Å². The number of carbonyl (C=O) groups is 1. The molecule has 0 aliphatic heterocycles. The van der Waals surface area contributed by atoms with Crippen molar-refractivity contribution < 1.29 is 18.3 Å². The van der Waals surface area contributed by atoms with Crippen LogP contribution in [0, 0.1) is 11.6 Å². The highest BCUT2D eigenvalue weighted by molar-refractivity contribution is 14.2. The molecule has 35 heavy (non-hydrogen) atoms. The monoisotopic (exact) mass is 623 g/mol. The molecule has 0 aliphatic carbocycles. The molecule has 5 rings (SSSR count). The van der Waals surface area contributed by atoms with Crippen LogP contribution in [-0.2, 0) is 9.53 Å². The molecule has 0 bridgehead atoms. The number of nitrogens with one attached hydrogen (secondary N) is 1. The molecule has 0 radical (unpaired) electrons. The van der Waals surface area contributed by atoms with Gasteiger partial charge in [0.2, 0.25) is 0 Å². The maximum atomic E-state index is 14.1. The number of fused-ring (bicyclic) bond motifs is 2. The standard InChI is InChI=1S/C23H16F2IN5O2S2/c1-33-19(32)9-18(12-3-2-4-13(24)7-12)28-20-15-5-6-34-23(15)30-21(29-20)17-11-31(35-26)22-16(17)8-14(25)10-27-22/h2-8,10-11,18H,9H2,1H3,(H,28,29,30). The summed E-state index contributed by atoms with van der Waals surface area (Å²) in [4.78, 5) is 26.5. The third kappa shape index (κ3) is 4.82. The van der Waals surface area contributed by atoms with E-state index in [2.05, 4.69) is 31.5 Å². The summed E-state index contributed by atoms with van der Waals surface area (Å²) in [5.74, 6) is -0.486. The molecule has 0 saturated carbocycles. The summed E-state index contributed by atoms with van der Waals surface area (Å²) < 4.78 is 34.7. The van der Waals surface area contributed by atoms with E-state index in [0.717, 1.165) is 5.39 Å². The van der Waals surface area contributed by atoms with Crippen LogP contribution < -0.4 is 5.32 Å². The highest BCUT2D eigenvalue weighted by Gasteiger charge is 2.22. The number of thiophene rings is 1. The number of halogens is 3. The van der Waals surface area contributed by atoms with Crippen LogP contribution in [-0.4, -0.2) is 32.0 Å². The van der Waals surface area contributed by atoms with E-state index < -0.39 is 23.6 Å². The summed E-state index contributed by atoms with van der Waals surface area (Å²) in [5.41, 5.74) is 1.78. The Bertz CT molecular complexity index is 1560. The maximum Gasteiger partial charge on any atom is 0.307 e. The number of rotatable bonds is 7. The van der Waals surface area contributed by atoms with Gasteiger partial charge in [0.05, 0.1) is 31.2 Å².